The molecule has 0 radical (unpaired) electrons. The molecule has 0 aromatic heterocycles. The fourth-order valence-electron chi connectivity index (χ4n) is 3.94. The molecular formula is C25H48O4. The van der Waals surface area contributed by atoms with Gasteiger partial charge in [0.15, 0.2) is 5.78 Å². The zero-order valence-corrected chi connectivity index (χ0v) is 22.1. The summed E-state index contributed by atoms with van der Waals surface area (Å²) < 4.78 is 12.7. The molecule has 4 nitrogen and oxygen atoms in total. The molecular weight excluding hydrogens is 364 g/mol. The average Bonchev–Trinajstić information content (AvgIpc) is 2.40. The van der Waals surface area contributed by atoms with Crippen LogP contribution >= 0.6 is 0 Å². The summed E-state index contributed by atoms with van der Waals surface area (Å²) in [7, 11) is 0. The number of ketones is 2. The van der Waals surface area contributed by atoms with Gasteiger partial charge in [0.05, 0.1) is 27.6 Å². The summed E-state index contributed by atoms with van der Waals surface area (Å²) in [5, 5.41) is 0. The summed E-state index contributed by atoms with van der Waals surface area (Å²) >= 11 is 0. The zero-order chi connectivity index (χ0) is 24.1. The van der Waals surface area contributed by atoms with Crippen molar-refractivity contribution < 1.29 is 19.1 Å². The van der Waals surface area contributed by atoms with Crippen LogP contribution in [0.3, 0.4) is 0 Å². The van der Waals surface area contributed by atoms with E-state index in [1.165, 1.54) is 0 Å². The molecule has 0 saturated heterocycles. The van der Waals surface area contributed by atoms with Crippen molar-refractivity contribution in [3.8, 4) is 0 Å². The molecule has 0 atom stereocenters. The summed E-state index contributed by atoms with van der Waals surface area (Å²) in [5.74, 6) is 0.0558. The van der Waals surface area contributed by atoms with E-state index in [0.717, 1.165) is 0 Å². The first-order chi connectivity index (χ1) is 12.2. The molecule has 4 heteroatoms. The zero-order valence-electron chi connectivity index (χ0n) is 22.1. The van der Waals surface area contributed by atoms with Gasteiger partial charge in [-0.05, 0) is 62.3 Å². The van der Waals surface area contributed by atoms with Crippen LogP contribution in [0.1, 0.15) is 111 Å². The van der Waals surface area contributed by atoms with Gasteiger partial charge in [-0.1, -0.05) is 48.5 Å². The van der Waals surface area contributed by atoms with Gasteiger partial charge in [0.2, 0.25) is 0 Å². The van der Waals surface area contributed by atoms with E-state index >= 15 is 0 Å². The summed E-state index contributed by atoms with van der Waals surface area (Å²) in [6, 6.07) is 0. The Morgan fingerprint density at radius 2 is 0.793 bits per heavy atom. The average molecular weight is 413 g/mol. The predicted molar refractivity (Wildman–Crippen MR) is 121 cm³/mol. The standard InChI is InChI=1S/C25H48O4/c1-19(2,3)17(26)21(7,8)25(15,16)29-23(11,12)18(27)22(9,10)24(13,14)28-20(4,5)6/h1-16H3. The maximum atomic E-state index is 13.7. The molecule has 0 bridgehead atoms. The van der Waals surface area contributed by atoms with E-state index in [1.807, 2.05) is 96.9 Å². The molecule has 0 aromatic carbocycles. The SMILES string of the molecule is CC(C)(C)OC(C)(C)C(C)(C)C(=O)C(C)(C)OC(C)(C)C(C)(C)C(=O)C(C)(C)C. The minimum absolute atomic E-state index is 0.0497. The molecule has 0 unspecified atom stereocenters. The van der Waals surface area contributed by atoms with Crippen molar-refractivity contribution in [2.24, 2.45) is 16.2 Å². The van der Waals surface area contributed by atoms with Gasteiger partial charge < -0.3 is 9.47 Å². The van der Waals surface area contributed by atoms with Crippen LogP contribution in [0.5, 0.6) is 0 Å². The number of hydrogen-bond donors (Lipinski definition) is 0. The highest BCUT2D eigenvalue weighted by Crippen LogP contribution is 2.46. The first-order valence-corrected chi connectivity index (χ1v) is 10.7. The van der Waals surface area contributed by atoms with Gasteiger partial charge >= 0.3 is 0 Å². The molecule has 172 valence electrons. The van der Waals surface area contributed by atoms with Crippen LogP contribution in [-0.4, -0.2) is 34.0 Å². The fourth-order valence-corrected chi connectivity index (χ4v) is 3.94. The van der Waals surface area contributed by atoms with Crippen molar-refractivity contribution in [1.29, 1.82) is 0 Å². The Morgan fingerprint density at radius 3 is 1.10 bits per heavy atom. The fraction of sp³-hybridized carbons (Fsp3) is 0.920. The van der Waals surface area contributed by atoms with Crippen LogP contribution in [0.15, 0.2) is 0 Å². The van der Waals surface area contributed by atoms with Crippen molar-refractivity contribution in [3.63, 3.8) is 0 Å². The number of carbonyl (C=O) groups is 2. The van der Waals surface area contributed by atoms with Crippen molar-refractivity contribution in [2.45, 2.75) is 133 Å². The van der Waals surface area contributed by atoms with Crippen LogP contribution in [0, 0.1) is 16.2 Å². The van der Waals surface area contributed by atoms with Crippen LogP contribution in [0.2, 0.25) is 0 Å². The van der Waals surface area contributed by atoms with E-state index in [2.05, 4.69) is 0 Å². The molecule has 0 aromatic rings. The summed E-state index contributed by atoms with van der Waals surface area (Å²) in [6.07, 6.45) is 0. The monoisotopic (exact) mass is 412 g/mol. The molecule has 0 aliphatic heterocycles. The lowest BCUT2D eigenvalue weighted by Crippen LogP contribution is -2.60. The number of hydrogen-bond acceptors (Lipinski definition) is 4. The summed E-state index contributed by atoms with van der Waals surface area (Å²) in [6.45, 7) is 30.6. The van der Waals surface area contributed by atoms with Crippen molar-refractivity contribution >= 4 is 11.6 Å². The highest BCUT2D eigenvalue weighted by Gasteiger charge is 2.55. The number of ether oxygens (including phenoxy) is 2. The second kappa shape index (κ2) is 7.75. The molecule has 0 aliphatic carbocycles. The van der Waals surface area contributed by atoms with Crippen molar-refractivity contribution in [3.05, 3.63) is 0 Å². The van der Waals surface area contributed by atoms with Gasteiger partial charge in [0.1, 0.15) is 11.4 Å². The van der Waals surface area contributed by atoms with E-state index < -0.39 is 33.0 Å². The lowest BCUT2D eigenvalue weighted by atomic mass is 9.65. The van der Waals surface area contributed by atoms with E-state index in [0.29, 0.717) is 0 Å². The summed E-state index contributed by atoms with van der Waals surface area (Å²) in [4.78, 5) is 26.8. The Balaban J connectivity index is 5.96. The normalized spacial score (nSPS) is 15.4. The minimum atomic E-state index is -1.10. The van der Waals surface area contributed by atoms with Gasteiger partial charge in [-0.3, -0.25) is 9.59 Å². The molecule has 0 N–H and O–H groups in total. The maximum absolute atomic E-state index is 13.7. The van der Waals surface area contributed by atoms with Gasteiger partial charge in [-0.15, -0.1) is 0 Å². The van der Waals surface area contributed by atoms with Crippen LogP contribution in [-0.2, 0) is 19.1 Å². The topological polar surface area (TPSA) is 52.6 Å². The first kappa shape index (κ1) is 28.3. The van der Waals surface area contributed by atoms with Gasteiger partial charge in [-0.25, -0.2) is 0 Å². The molecule has 0 fully saturated rings. The number of rotatable bonds is 8. The Bertz CT molecular complexity index is 620. The Kier molecular flexibility index (Phi) is 7.55. The predicted octanol–water partition coefficient (Wildman–Crippen LogP) is 6.39. The minimum Gasteiger partial charge on any atom is -0.369 e. The van der Waals surface area contributed by atoms with Crippen LogP contribution in [0.4, 0.5) is 0 Å². The molecule has 0 amide bonds. The second-order valence-corrected chi connectivity index (χ2v) is 13.0. The first-order valence-electron chi connectivity index (χ1n) is 10.7. The molecule has 0 heterocycles. The highest BCUT2D eigenvalue weighted by atomic mass is 16.5. The molecule has 0 saturated carbocycles. The van der Waals surface area contributed by atoms with Gasteiger partial charge in [0.25, 0.3) is 0 Å². The van der Waals surface area contributed by atoms with E-state index in [4.69, 9.17) is 9.47 Å². The van der Waals surface area contributed by atoms with Crippen molar-refractivity contribution in [1.82, 2.24) is 0 Å². The Labute approximate surface area is 180 Å². The van der Waals surface area contributed by atoms with E-state index in [1.54, 1.807) is 13.8 Å². The lowest BCUT2D eigenvalue weighted by molar-refractivity contribution is -0.211. The van der Waals surface area contributed by atoms with Gasteiger partial charge in [-0.2, -0.15) is 0 Å². The van der Waals surface area contributed by atoms with Gasteiger partial charge in [0, 0.05) is 5.41 Å². The lowest BCUT2D eigenvalue weighted by Gasteiger charge is -2.50. The molecule has 0 rings (SSSR count). The third kappa shape index (κ3) is 6.13. The molecule has 0 spiro atoms. The van der Waals surface area contributed by atoms with Crippen LogP contribution < -0.4 is 0 Å². The van der Waals surface area contributed by atoms with E-state index in [9.17, 15) is 9.59 Å². The third-order valence-electron chi connectivity index (χ3n) is 6.45. The number of carbonyl (C=O) groups excluding carboxylic acids is 2. The quantitative estimate of drug-likeness (QED) is 0.463. The third-order valence-corrected chi connectivity index (χ3v) is 6.45. The maximum Gasteiger partial charge on any atom is 0.172 e. The molecule has 29 heavy (non-hydrogen) atoms. The number of Topliss-reactive ketones (excluding diaryl/α,β-unsaturated/α-hetero) is 2. The van der Waals surface area contributed by atoms with Crippen molar-refractivity contribution in [2.75, 3.05) is 0 Å². The molecule has 0 aliphatic rings. The second-order valence-electron chi connectivity index (χ2n) is 13.0. The van der Waals surface area contributed by atoms with E-state index in [-0.39, 0.29) is 17.2 Å². The Hall–Kier alpha value is -0.740. The smallest absolute Gasteiger partial charge is 0.172 e. The largest absolute Gasteiger partial charge is 0.369 e. The Morgan fingerprint density at radius 1 is 0.483 bits per heavy atom. The van der Waals surface area contributed by atoms with Crippen LogP contribution in [0.25, 0.3) is 0 Å². The highest BCUT2D eigenvalue weighted by molar-refractivity contribution is 5.93. The summed E-state index contributed by atoms with van der Waals surface area (Å²) in [5.41, 5.74) is -5.11.